The van der Waals surface area contributed by atoms with Gasteiger partial charge in [0.25, 0.3) is 0 Å². The molecule has 0 aromatic rings. The monoisotopic (exact) mass is 464 g/mol. The predicted molar refractivity (Wildman–Crippen MR) is 126 cm³/mol. The number of ether oxygens (including phenoxy) is 3. The molecule has 0 aliphatic carbocycles. The zero-order valence-corrected chi connectivity index (χ0v) is 20.2. The van der Waals surface area contributed by atoms with Crippen LogP contribution in [0.15, 0.2) is 36.5 Å². The van der Waals surface area contributed by atoms with E-state index in [4.69, 9.17) is 14.2 Å². The van der Waals surface area contributed by atoms with Crippen LogP contribution in [0.3, 0.4) is 0 Å². The number of carboxylic acids is 1. The number of aliphatic carboxylic acids is 1. The zero-order chi connectivity index (χ0) is 24.4. The molecule has 2 saturated heterocycles. The van der Waals surface area contributed by atoms with Gasteiger partial charge in [-0.2, -0.15) is 0 Å². The van der Waals surface area contributed by atoms with Crippen molar-refractivity contribution >= 4 is 11.9 Å². The molecule has 0 aromatic carbocycles. The SMILES string of the molecule is C=C[C@H](O)[C@@H](C)C=C[C@H](C)C[C@H]1CCC[C@@H](C[C@H]2C/C(=C/C(=O)OC)C[C@@H](CC(=O)O)O2)O1. The van der Waals surface area contributed by atoms with Gasteiger partial charge in [-0.05, 0) is 44.4 Å². The topological polar surface area (TPSA) is 102 Å². The van der Waals surface area contributed by atoms with Gasteiger partial charge >= 0.3 is 11.9 Å². The number of carbonyl (C=O) groups excluding carboxylic acids is 1. The first-order chi connectivity index (χ1) is 15.7. The van der Waals surface area contributed by atoms with E-state index in [1.54, 1.807) is 6.08 Å². The number of aliphatic hydroxyl groups is 1. The molecule has 0 bridgehead atoms. The van der Waals surface area contributed by atoms with E-state index in [2.05, 4.69) is 19.6 Å². The van der Waals surface area contributed by atoms with Crippen LogP contribution in [-0.4, -0.2) is 59.8 Å². The van der Waals surface area contributed by atoms with Crippen molar-refractivity contribution in [3.8, 4) is 0 Å². The normalized spacial score (nSPS) is 30.0. The van der Waals surface area contributed by atoms with Crippen molar-refractivity contribution in [2.24, 2.45) is 11.8 Å². The Kier molecular flexibility index (Phi) is 11.3. The summed E-state index contributed by atoms with van der Waals surface area (Å²) < 4.78 is 17.2. The van der Waals surface area contributed by atoms with Gasteiger partial charge in [0.15, 0.2) is 0 Å². The third kappa shape index (κ3) is 9.82. The summed E-state index contributed by atoms with van der Waals surface area (Å²) in [6.07, 6.45) is 11.8. The third-order valence-electron chi connectivity index (χ3n) is 6.41. The van der Waals surface area contributed by atoms with Crippen molar-refractivity contribution in [2.75, 3.05) is 7.11 Å². The van der Waals surface area contributed by atoms with Crippen molar-refractivity contribution in [2.45, 2.75) is 95.7 Å². The van der Waals surface area contributed by atoms with Crippen LogP contribution in [0.2, 0.25) is 0 Å². The largest absolute Gasteiger partial charge is 0.481 e. The first kappa shape index (κ1) is 27.3. The molecule has 2 rings (SSSR count). The molecule has 0 spiro atoms. The van der Waals surface area contributed by atoms with Crippen molar-refractivity contribution < 1.29 is 34.0 Å². The van der Waals surface area contributed by atoms with Crippen LogP contribution in [0, 0.1) is 11.8 Å². The van der Waals surface area contributed by atoms with Crippen LogP contribution in [0.5, 0.6) is 0 Å². The first-order valence-electron chi connectivity index (χ1n) is 12.0. The highest BCUT2D eigenvalue weighted by Gasteiger charge is 2.32. The fourth-order valence-electron chi connectivity index (χ4n) is 4.64. The number of carbonyl (C=O) groups is 2. The van der Waals surface area contributed by atoms with Crippen LogP contribution < -0.4 is 0 Å². The van der Waals surface area contributed by atoms with E-state index in [0.29, 0.717) is 25.2 Å². The Hall–Kier alpha value is -1.96. The molecule has 2 heterocycles. The zero-order valence-electron chi connectivity index (χ0n) is 20.2. The number of allylic oxidation sites excluding steroid dienone is 1. The minimum atomic E-state index is -0.913. The van der Waals surface area contributed by atoms with Gasteiger partial charge in [0.1, 0.15) is 0 Å². The lowest BCUT2D eigenvalue weighted by molar-refractivity contribution is -0.144. The number of hydrogen-bond donors (Lipinski definition) is 2. The molecule has 0 unspecified atom stereocenters. The first-order valence-corrected chi connectivity index (χ1v) is 12.0. The summed E-state index contributed by atoms with van der Waals surface area (Å²) in [5.41, 5.74) is 0.867. The number of hydrogen-bond acceptors (Lipinski definition) is 6. The van der Waals surface area contributed by atoms with Crippen LogP contribution in [0.1, 0.15) is 65.2 Å². The molecule has 33 heavy (non-hydrogen) atoms. The lowest BCUT2D eigenvalue weighted by atomic mass is 9.90. The molecule has 186 valence electrons. The Labute approximate surface area is 197 Å². The van der Waals surface area contributed by atoms with E-state index in [0.717, 1.165) is 31.3 Å². The fraction of sp³-hybridized carbons (Fsp3) is 0.692. The summed E-state index contributed by atoms with van der Waals surface area (Å²) in [4.78, 5) is 22.9. The van der Waals surface area contributed by atoms with E-state index >= 15 is 0 Å². The summed E-state index contributed by atoms with van der Waals surface area (Å²) >= 11 is 0. The van der Waals surface area contributed by atoms with Crippen LogP contribution in [0.25, 0.3) is 0 Å². The van der Waals surface area contributed by atoms with Crippen LogP contribution >= 0.6 is 0 Å². The van der Waals surface area contributed by atoms with Crippen LogP contribution in [0.4, 0.5) is 0 Å². The highest BCUT2D eigenvalue weighted by Crippen LogP contribution is 2.33. The number of rotatable bonds is 11. The Morgan fingerprint density at radius 3 is 2.45 bits per heavy atom. The number of esters is 1. The molecule has 0 aromatic heterocycles. The Morgan fingerprint density at radius 1 is 1.12 bits per heavy atom. The quantitative estimate of drug-likeness (QED) is 0.268. The molecule has 0 amide bonds. The fourth-order valence-corrected chi connectivity index (χ4v) is 4.64. The number of carboxylic acid groups (broad SMARTS) is 1. The average molecular weight is 465 g/mol. The van der Waals surface area contributed by atoms with Crippen molar-refractivity contribution in [3.63, 3.8) is 0 Å². The Morgan fingerprint density at radius 2 is 1.79 bits per heavy atom. The van der Waals surface area contributed by atoms with Crippen LogP contribution in [-0.2, 0) is 23.8 Å². The second-order valence-electron chi connectivity index (χ2n) is 9.44. The van der Waals surface area contributed by atoms with E-state index in [9.17, 15) is 19.8 Å². The highest BCUT2D eigenvalue weighted by atomic mass is 16.5. The minimum absolute atomic E-state index is 0.0272. The van der Waals surface area contributed by atoms with Gasteiger partial charge in [-0.3, -0.25) is 4.79 Å². The maximum Gasteiger partial charge on any atom is 0.330 e. The number of methoxy groups -OCH3 is 1. The molecule has 0 saturated carbocycles. The van der Waals surface area contributed by atoms with Crippen molar-refractivity contribution in [3.05, 3.63) is 36.5 Å². The Balaban J connectivity index is 1.92. The summed E-state index contributed by atoms with van der Waals surface area (Å²) in [7, 11) is 1.33. The summed E-state index contributed by atoms with van der Waals surface area (Å²) in [5, 5.41) is 19.0. The smallest absolute Gasteiger partial charge is 0.330 e. The van der Waals surface area contributed by atoms with Gasteiger partial charge in [0.2, 0.25) is 0 Å². The average Bonchev–Trinajstić information content (AvgIpc) is 2.76. The molecular formula is C26H40O7. The van der Waals surface area contributed by atoms with Gasteiger partial charge in [-0.15, -0.1) is 6.58 Å². The Bertz CT molecular complexity index is 713. The molecule has 7 heteroatoms. The molecule has 2 N–H and O–H groups in total. The van der Waals surface area contributed by atoms with E-state index < -0.39 is 24.1 Å². The molecule has 2 aliphatic heterocycles. The van der Waals surface area contributed by atoms with Gasteiger partial charge in [-0.1, -0.05) is 37.6 Å². The lowest BCUT2D eigenvalue weighted by Crippen LogP contribution is -2.36. The second-order valence-corrected chi connectivity index (χ2v) is 9.44. The minimum Gasteiger partial charge on any atom is -0.481 e. The molecule has 7 atom stereocenters. The number of aliphatic hydroxyl groups excluding tert-OH is 1. The van der Waals surface area contributed by atoms with Gasteiger partial charge in [-0.25, -0.2) is 4.79 Å². The molecule has 2 fully saturated rings. The van der Waals surface area contributed by atoms with Gasteiger partial charge in [0.05, 0.1) is 44.1 Å². The predicted octanol–water partition coefficient (Wildman–Crippen LogP) is 4.20. The standard InChI is InChI=1S/C26H40O7/c1-5-24(27)18(3)10-9-17(2)11-20-7-6-8-21(32-20)15-22-12-19(14-26(30)31-4)13-23(33-22)16-25(28)29/h5,9-10,14,17-18,20-24,27H,1,6-8,11-13,15-16H2,2-4H3,(H,28,29)/b10-9?,19-14-/t17-,18-,20+,21-,22+,23-,24-/m0/s1. The summed E-state index contributed by atoms with van der Waals surface area (Å²) in [6, 6.07) is 0. The molecular weight excluding hydrogens is 424 g/mol. The molecule has 2 aliphatic rings. The lowest BCUT2D eigenvalue weighted by Gasteiger charge is -2.36. The molecule has 7 nitrogen and oxygen atoms in total. The second kappa shape index (κ2) is 13.7. The van der Waals surface area contributed by atoms with Gasteiger partial charge < -0.3 is 24.4 Å². The maximum absolute atomic E-state index is 11.7. The summed E-state index contributed by atoms with van der Waals surface area (Å²) in [6.45, 7) is 7.75. The maximum atomic E-state index is 11.7. The van der Waals surface area contributed by atoms with E-state index in [-0.39, 0.29) is 30.7 Å². The third-order valence-corrected chi connectivity index (χ3v) is 6.41. The van der Waals surface area contributed by atoms with Crippen molar-refractivity contribution in [1.29, 1.82) is 0 Å². The highest BCUT2D eigenvalue weighted by molar-refractivity contribution is 5.82. The van der Waals surface area contributed by atoms with E-state index in [1.165, 1.54) is 13.2 Å². The molecule has 0 radical (unpaired) electrons. The van der Waals surface area contributed by atoms with Gasteiger partial charge in [0, 0.05) is 18.4 Å². The van der Waals surface area contributed by atoms with E-state index in [1.807, 2.05) is 13.0 Å². The van der Waals surface area contributed by atoms with Crippen molar-refractivity contribution in [1.82, 2.24) is 0 Å². The summed E-state index contributed by atoms with van der Waals surface area (Å²) in [5.74, 6) is -0.984.